The van der Waals surface area contributed by atoms with Crippen molar-refractivity contribution in [3.05, 3.63) is 76.5 Å². The smallest absolute Gasteiger partial charge is 0.261 e. The van der Waals surface area contributed by atoms with Gasteiger partial charge in [0.2, 0.25) is 12.7 Å². The fourth-order valence-electron chi connectivity index (χ4n) is 3.11. The third-order valence-electron chi connectivity index (χ3n) is 4.59. The van der Waals surface area contributed by atoms with Crippen LogP contribution in [0.3, 0.4) is 0 Å². The molecule has 148 valence electrons. The molecule has 0 spiro atoms. The quantitative estimate of drug-likeness (QED) is 0.623. The van der Waals surface area contributed by atoms with Crippen LogP contribution in [-0.2, 0) is 11.2 Å². The summed E-state index contributed by atoms with van der Waals surface area (Å²) in [6, 6.07) is 18.0. The number of amides is 2. The Morgan fingerprint density at radius 3 is 2.66 bits per heavy atom. The van der Waals surface area contributed by atoms with Gasteiger partial charge >= 0.3 is 0 Å². The van der Waals surface area contributed by atoms with Crippen molar-refractivity contribution in [2.75, 3.05) is 12.1 Å². The van der Waals surface area contributed by atoms with Crippen LogP contribution < -0.4 is 20.1 Å². The highest BCUT2D eigenvalue weighted by atomic mass is 32.1. The normalized spacial score (nSPS) is 13.0. The molecule has 3 aromatic rings. The maximum atomic E-state index is 13.0. The van der Waals surface area contributed by atoms with Crippen molar-refractivity contribution in [3.8, 4) is 11.5 Å². The first-order valence-electron chi connectivity index (χ1n) is 9.28. The molecule has 1 aromatic heterocycles. The van der Waals surface area contributed by atoms with Crippen molar-refractivity contribution in [3.63, 3.8) is 0 Å². The van der Waals surface area contributed by atoms with Gasteiger partial charge in [0.05, 0.1) is 10.6 Å². The topological polar surface area (TPSA) is 76.7 Å². The molecule has 1 aliphatic heterocycles. The fourth-order valence-corrected chi connectivity index (χ4v) is 3.74. The van der Waals surface area contributed by atoms with Crippen LogP contribution in [0.2, 0.25) is 0 Å². The van der Waals surface area contributed by atoms with Crippen LogP contribution in [0.5, 0.6) is 11.5 Å². The van der Waals surface area contributed by atoms with E-state index in [-0.39, 0.29) is 18.6 Å². The molecule has 0 aliphatic carbocycles. The largest absolute Gasteiger partial charge is 0.454 e. The highest BCUT2D eigenvalue weighted by molar-refractivity contribution is 7.12. The van der Waals surface area contributed by atoms with E-state index >= 15 is 0 Å². The SMILES string of the molecule is O=C(NC(CCc1ccccc1)C(=O)Nc1cccc2c1OCO2)c1cccs1. The molecule has 2 heterocycles. The Kier molecular flexibility index (Phi) is 5.76. The van der Waals surface area contributed by atoms with Gasteiger partial charge in [0, 0.05) is 0 Å². The number of carbonyl (C=O) groups is 2. The lowest BCUT2D eigenvalue weighted by Crippen LogP contribution is -2.44. The van der Waals surface area contributed by atoms with Crippen LogP contribution in [0.4, 0.5) is 5.69 Å². The van der Waals surface area contributed by atoms with Crippen LogP contribution in [0.15, 0.2) is 66.0 Å². The summed E-state index contributed by atoms with van der Waals surface area (Å²) in [6.45, 7) is 0.120. The van der Waals surface area contributed by atoms with E-state index in [1.807, 2.05) is 41.8 Å². The number of hydrogen-bond donors (Lipinski definition) is 2. The van der Waals surface area contributed by atoms with E-state index in [0.29, 0.717) is 34.9 Å². The summed E-state index contributed by atoms with van der Waals surface area (Å²) in [5, 5.41) is 7.57. The Bertz CT molecular complexity index is 989. The van der Waals surface area contributed by atoms with Crippen molar-refractivity contribution in [1.82, 2.24) is 5.32 Å². The van der Waals surface area contributed by atoms with E-state index in [1.165, 1.54) is 11.3 Å². The maximum absolute atomic E-state index is 13.0. The van der Waals surface area contributed by atoms with Gasteiger partial charge < -0.3 is 20.1 Å². The summed E-state index contributed by atoms with van der Waals surface area (Å²) < 4.78 is 10.8. The highest BCUT2D eigenvalue weighted by Gasteiger charge is 2.25. The van der Waals surface area contributed by atoms with E-state index < -0.39 is 6.04 Å². The summed E-state index contributed by atoms with van der Waals surface area (Å²) in [5.74, 6) is 0.541. The number of ether oxygens (including phenoxy) is 2. The number of para-hydroxylation sites is 1. The molecule has 2 amide bonds. The van der Waals surface area contributed by atoms with Gasteiger partial charge in [-0.15, -0.1) is 11.3 Å². The molecule has 7 heteroatoms. The van der Waals surface area contributed by atoms with Crippen LogP contribution in [0.1, 0.15) is 21.7 Å². The maximum Gasteiger partial charge on any atom is 0.261 e. The van der Waals surface area contributed by atoms with Gasteiger partial charge in [0.15, 0.2) is 11.5 Å². The van der Waals surface area contributed by atoms with Gasteiger partial charge in [-0.1, -0.05) is 42.5 Å². The Balaban J connectivity index is 1.49. The number of aryl methyl sites for hydroxylation is 1. The first kappa shape index (κ1) is 19.0. The van der Waals surface area contributed by atoms with E-state index in [4.69, 9.17) is 9.47 Å². The predicted molar refractivity (Wildman–Crippen MR) is 112 cm³/mol. The standard InChI is InChI=1S/C22H20N2O4S/c25-21(23-16-8-4-9-18-20(16)28-14-27-18)17(12-11-15-6-2-1-3-7-15)24-22(26)19-10-5-13-29-19/h1-10,13,17H,11-12,14H2,(H,23,25)(H,24,26). The van der Waals surface area contributed by atoms with Gasteiger partial charge in [0.25, 0.3) is 5.91 Å². The first-order chi connectivity index (χ1) is 14.2. The van der Waals surface area contributed by atoms with Crippen LogP contribution in [0.25, 0.3) is 0 Å². The number of anilines is 1. The number of rotatable bonds is 7. The monoisotopic (exact) mass is 408 g/mol. The summed E-state index contributed by atoms with van der Waals surface area (Å²) in [4.78, 5) is 26.1. The minimum atomic E-state index is -0.692. The lowest BCUT2D eigenvalue weighted by molar-refractivity contribution is -0.118. The van der Waals surface area contributed by atoms with Crippen molar-refractivity contribution >= 4 is 28.8 Å². The predicted octanol–water partition coefficient (Wildman–Crippen LogP) is 3.85. The first-order valence-corrected chi connectivity index (χ1v) is 10.2. The molecule has 0 saturated carbocycles. The molecule has 29 heavy (non-hydrogen) atoms. The minimum Gasteiger partial charge on any atom is -0.454 e. The van der Waals surface area contributed by atoms with Crippen LogP contribution in [-0.4, -0.2) is 24.6 Å². The molecule has 0 radical (unpaired) electrons. The zero-order chi connectivity index (χ0) is 20.1. The molecule has 0 fully saturated rings. The van der Waals surface area contributed by atoms with E-state index in [1.54, 1.807) is 24.3 Å². The van der Waals surface area contributed by atoms with E-state index in [0.717, 1.165) is 5.56 Å². The van der Waals surface area contributed by atoms with Gasteiger partial charge in [0.1, 0.15) is 6.04 Å². The second-order valence-corrected chi connectivity index (χ2v) is 7.50. The Labute approximate surface area is 172 Å². The average molecular weight is 408 g/mol. The Morgan fingerprint density at radius 2 is 1.86 bits per heavy atom. The summed E-state index contributed by atoms with van der Waals surface area (Å²) >= 11 is 1.34. The summed E-state index contributed by atoms with van der Waals surface area (Å²) in [6.07, 6.45) is 1.13. The molecular formula is C22H20N2O4S. The molecule has 4 rings (SSSR count). The third kappa shape index (κ3) is 4.57. The Hall–Kier alpha value is -3.32. The van der Waals surface area contributed by atoms with Crippen molar-refractivity contribution in [2.24, 2.45) is 0 Å². The van der Waals surface area contributed by atoms with Gasteiger partial charge in [-0.2, -0.15) is 0 Å². The second kappa shape index (κ2) is 8.79. The minimum absolute atomic E-state index is 0.120. The van der Waals surface area contributed by atoms with E-state index in [9.17, 15) is 9.59 Å². The van der Waals surface area contributed by atoms with Crippen LogP contribution in [0, 0.1) is 0 Å². The van der Waals surface area contributed by atoms with Gasteiger partial charge in [-0.25, -0.2) is 0 Å². The van der Waals surface area contributed by atoms with Gasteiger partial charge in [-0.3, -0.25) is 9.59 Å². The molecule has 2 N–H and O–H groups in total. The number of hydrogen-bond acceptors (Lipinski definition) is 5. The highest BCUT2D eigenvalue weighted by Crippen LogP contribution is 2.38. The molecule has 6 nitrogen and oxygen atoms in total. The number of carbonyl (C=O) groups excluding carboxylic acids is 2. The van der Waals surface area contributed by atoms with Crippen LogP contribution >= 0.6 is 11.3 Å². The average Bonchev–Trinajstić information content (AvgIpc) is 3.44. The molecular weight excluding hydrogens is 388 g/mol. The lowest BCUT2D eigenvalue weighted by atomic mass is 10.0. The molecule has 1 aliphatic rings. The number of thiophene rings is 1. The zero-order valence-electron chi connectivity index (χ0n) is 15.6. The number of fused-ring (bicyclic) bond motifs is 1. The summed E-state index contributed by atoms with van der Waals surface area (Å²) in [7, 11) is 0. The molecule has 1 atom stereocenters. The number of nitrogens with one attached hydrogen (secondary N) is 2. The molecule has 1 unspecified atom stereocenters. The van der Waals surface area contributed by atoms with Crippen molar-refractivity contribution < 1.29 is 19.1 Å². The Morgan fingerprint density at radius 1 is 1.00 bits per heavy atom. The summed E-state index contributed by atoms with van der Waals surface area (Å²) in [5.41, 5.74) is 1.63. The molecule has 2 aromatic carbocycles. The second-order valence-electron chi connectivity index (χ2n) is 6.56. The van der Waals surface area contributed by atoms with Crippen molar-refractivity contribution in [2.45, 2.75) is 18.9 Å². The van der Waals surface area contributed by atoms with Gasteiger partial charge in [-0.05, 0) is 42.0 Å². The lowest BCUT2D eigenvalue weighted by Gasteiger charge is -2.19. The number of benzene rings is 2. The van der Waals surface area contributed by atoms with Crippen molar-refractivity contribution in [1.29, 1.82) is 0 Å². The zero-order valence-corrected chi connectivity index (χ0v) is 16.4. The molecule has 0 bridgehead atoms. The molecule has 0 saturated heterocycles. The third-order valence-corrected chi connectivity index (χ3v) is 5.45. The van der Waals surface area contributed by atoms with E-state index in [2.05, 4.69) is 10.6 Å². The fraction of sp³-hybridized carbons (Fsp3) is 0.182.